The predicted octanol–water partition coefficient (Wildman–Crippen LogP) is 3.65. The van der Waals surface area contributed by atoms with Crippen LogP contribution in [0.1, 0.15) is 43.4 Å². The molecule has 1 aromatic carbocycles. The van der Waals surface area contributed by atoms with E-state index < -0.39 is 0 Å². The van der Waals surface area contributed by atoms with Crippen LogP contribution in [-0.2, 0) is 0 Å². The summed E-state index contributed by atoms with van der Waals surface area (Å²) in [7, 11) is 0. The van der Waals surface area contributed by atoms with E-state index in [1.165, 1.54) is 16.7 Å². The zero-order valence-electron chi connectivity index (χ0n) is 11.3. The molecule has 0 radical (unpaired) electrons. The Bertz CT molecular complexity index is 330. The summed E-state index contributed by atoms with van der Waals surface area (Å²) in [5.74, 6) is 1.30. The summed E-state index contributed by atoms with van der Waals surface area (Å²) >= 11 is 0. The van der Waals surface area contributed by atoms with Crippen LogP contribution in [0.2, 0.25) is 0 Å². The van der Waals surface area contributed by atoms with Crippen molar-refractivity contribution in [2.45, 2.75) is 40.5 Å². The molecule has 90 valence electrons. The fourth-order valence-corrected chi connectivity index (χ4v) is 2.11. The zero-order valence-corrected chi connectivity index (χ0v) is 11.3. The second-order valence-corrected chi connectivity index (χ2v) is 4.93. The monoisotopic (exact) mass is 219 g/mol. The molecule has 0 aromatic heterocycles. The molecule has 2 unspecified atom stereocenters. The van der Waals surface area contributed by atoms with Crippen LogP contribution >= 0.6 is 0 Å². The quantitative estimate of drug-likeness (QED) is 0.797. The summed E-state index contributed by atoms with van der Waals surface area (Å²) in [5.41, 5.74) is 4.29. The number of aryl methyl sites for hydroxylation is 2. The van der Waals surface area contributed by atoms with Gasteiger partial charge in [-0.05, 0) is 49.9 Å². The molecule has 0 amide bonds. The van der Waals surface area contributed by atoms with Gasteiger partial charge >= 0.3 is 0 Å². The predicted molar refractivity (Wildman–Crippen MR) is 72.0 cm³/mol. The molecule has 0 fully saturated rings. The number of rotatable bonds is 5. The molecule has 0 saturated carbocycles. The molecule has 1 rings (SSSR count). The molecular formula is C15H25N. The molecule has 1 heteroatoms. The fraction of sp³-hybridized carbons (Fsp3) is 0.600. The SMILES string of the molecule is CCNCC(C)C(C)c1cc(C)ccc1C. The maximum Gasteiger partial charge on any atom is -0.00175 e. The van der Waals surface area contributed by atoms with Crippen molar-refractivity contribution < 1.29 is 0 Å². The van der Waals surface area contributed by atoms with Gasteiger partial charge in [-0.2, -0.15) is 0 Å². The summed E-state index contributed by atoms with van der Waals surface area (Å²) in [6, 6.07) is 6.77. The number of nitrogens with one attached hydrogen (secondary N) is 1. The number of benzene rings is 1. The minimum atomic E-state index is 0.624. The second kappa shape index (κ2) is 6.05. The van der Waals surface area contributed by atoms with Crippen LogP contribution in [0.15, 0.2) is 18.2 Å². The largest absolute Gasteiger partial charge is 0.317 e. The van der Waals surface area contributed by atoms with Crippen LogP contribution in [0.3, 0.4) is 0 Å². The molecular weight excluding hydrogens is 194 g/mol. The van der Waals surface area contributed by atoms with Gasteiger partial charge in [0.1, 0.15) is 0 Å². The topological polar surface area (TPSA) is 12.0 Å². The Morgan fingerprint density at radius 2 is 1.88 bits per heavy atom. The Balaban J connectivity index is 2.78. The van der Waals surface area contributed by atoms with Crippen molar-refractivity contribution in [3.8, 4) is 0 Å². The van der Waals surface area contributed by atoms with Gasteiger partial charge < -0.3 is 5.32 Å². The lowest BCUT2D eigenvalue weighted by atomic mass is 9.85. The molecule has 0 aliphatic heterocycles. The van der Waals surface area contributed by atoms with Crippen LogP contribution < -0.4 is 5.32 Å². The van der Waals surface area contributed by atoms with Gasteiger partial charge in [0.05, 0.1) is 0 Å². The molecule has 1 N–H and O–H groups in total. The average Bonchev–Trinajstić information content (AvgIpc) is 2.28. The molecule has 0 saturated heterocycles. The van der Waals surface area contributed by atoms with Gasteiger partial charge in [0.15, 0.2) is 0 Å². The molecule has 1 nitrogen and oxygen atoms in total. The smallest absolute Gasteiger partial charge is 0.00175 e. The first kappa shape index (κ1) is 13.2. The highest BCUT2D eigenvalue weighted by Crippen LogP contribution is 2.27. The maximum atomic E-state index is 3.43. The first-order chi connectivity index (χ1) is 7.56. The summed E-state index contributed by atoms with van der Waals surface area (Å²) < 4.78 is 0. The molecule has 0 spiro atoms. The van der Waals surface area contributed by atoms with Crippen LogP contribution in [0.5, 0.6) is 0 Å². The van der Waals surface area contributed by atoms with E-state index in [2.05, 4.69) is 58.1 Å². The lowest BCUT2D eigenvalue weighted by molar-refractivity contribution is 0.452. The summed E-state index contributed by atoms with van der Waals surface area (Å²) in [6.07, 6.45) is 0. The number of hydrogen-bond donors (Lipinski definition) is 1. The first-order valence-corrected chi connectivity index (χ1v) is 6.34. The number of hydrogen-bond acceptors (Lipinski definition) is 1. The van der Waals surface area contributed by atoms with E-state index >= 15 is 0 Å². The van der Waals surface area contributed by atoms with Crippen molar-refractivity contribution in [2.75, 3.05) is 13.1 Å². The molecule has 16 heavy (non-hydrogen) atoms. The lowest BCUT2D eigenvalue weighted by Crippen LogP contribution is -2.24. The van der Waals surface area contributed by atoms with Crippen LogP contribution in [0.4, 0.5) is 0 Å². The molecule has 0 heterocycles. The third-order valence-electron chi connectivity index (χ3n) is 3.50. The van der Waals surface area contributed by atoms with Crippen molar-refractivity contribution >= 4 is 0 Å². The van der Waals surface area contributed by atoms with Gasteiger partial charge in [-0.3, -0.25) is 0 Å². The highest BCUT2D eigenvalue weighted by Gasteiger charge is 2.15. The Labute approximate surface area is 100 Å². The Hall–Kier alpha value is -0.820. The van der Waals surface area contributed by atoms with E-state index in [9.17, 15) is 0 Å². The van der Waals surface area contributed by atoms with Crippen LogP contribution in [0.25, 0.3) is 0 Å². The zero-order chi connectivity index (χ0) is 12.1. The maximum absolute atomic E-state index is 3.43. The molecule has 0 bridgehead atoms. The standard InChI is InChI=1S/C15H25N/c1-6-16-10-13(4)14(5)15-9-11(2)7-8-12(15)3/h7-9,13-14,16H,6,10H2,1-5H3. The van der Waals surface area contributed by atoms with Crippen molar-refractivity contribution in [2.24, 2.45) is 5.92 Å². The van der Waals surface area contributed by atoms with Crippen molar-refractivity contribution in [3.63, 3.8) is 0 Å². The van der Waals surface area contributed by atoms with Gasteiger partial charge in [-0.15, -0.1) is 0 Å². The highest BCUT2D eigenvalue weighted by atomic mass is 14.8. The van der Waals surface area contributed by atoms with E-state index in [-0.39, 0.29) is 0 Å². The summed E-state index contributed by atoms with van der Waals surface area (Å²) in [4.78, 5) is 0. The van der Waals surface area contributed by atoms with E-state index in [0.29, 0.717) is 11.8 Å². The summed E-state index contributed by atoms with van der Waals surface area (Å²) in [5, 5.41) is 3.43. The molecule has 1 aromatic rings. The highest BCUT2D eigenvalue weighted by molar-refractivity contribution is 5.33. The van der Waals surface area contributed by atoms with E-state index in [4.69, 9.17) is 0 Å². The third-order valence-corrected chi connectivity index (χ3v) is 3.50. The van der Waals surface area contributed by atoms with Gasteiger partial charge in [-0.25, -0.2) is 0 Å². The van der Waals surface area contributed by atoms with Crippen molar-refractivity contribution in [1.82, 2.24) is 5.32 Å². The van der Waals surface area contributed by atoms with E-state index in [1.807, 2.05) is 0 Å². The van der Waals surface area contributed by atoms with Crippen LogP contribution in [-0.4, -0.2) is 13.1 Å². The first-order valence-electron chi connectivity index (χ1n) is 6.34. The minimum absolute atomic E-state index is 0.624. The second-order valence-electron chi connectivity index (χ2n) is 4.93. The van der Waals surface area contributed by atoms with Crippen molar-refractivity contribution in [3.05, 3.63) is 34.9 Å². The van der Waals surface area contributed by atoms with Gasteiger partial charge in [0, 0.05) is 0 Å². The average molecular weight is 219 g/mol. The van der Waals surface area contributed by atoms with Gasteiger partial charge in [0.25, 0.3) is 0 Å². The van der Waals surface area contributed by atoms with Crippen molar-refractivity contribution in [1.29, 1.82) is 0 Å². The van der Waals surface area contributed by atoms with Crippen LogP contribution in [0, 0.1) is 19.8 Å². The Morgan fingerprint density at radius 3 is 2.50 bits per heavy atom. The minimum Gasteiger partial charge on any atom is -0.317 e. The third kappa shape index (κ3) is 3.34. The summed E-state index contributed by atoms with van der Waals surface area (Å²) in [6.45, 7) is 13.4. The lowest BCUT2D eigenvalue weighted by Gasteiger charge is -2.22. The Kier molecular flexibility index (Phi) is 5.01. The molecule has 2 atom stereocenters. The fourth-order valence-electron chi connectivity index (χ4n) is 2.11. The van der Waals surface area contributed by atoms with Gasteiger partial charge in [0.2, 0.25) is 0 Å². The van der Waals surface area contributed by atoms with E-state index in [0.717, 1.165) is 13.1 Å². The van der Waals surface area contributed by atoms with E-state index in [1.54, 1.807) is 0 Å². The van der Waals surface area contributed by atoms with Gasteiger partial charge in [-0.1, -0.05) is 44.5 Å². The Morgan fingerprint density at radius 1 is 1.19 bits per heavy atom. The molecule has 0 aliphatic rings. The normalized spacial score (nSPS) is 14.8. The molecule has 0 aliphatic carbocycles.